The van der Waals surface area contributed by atoms with Gasteiger partial charge in [-0.05, 0) is 49.2 Å². The van der Waals surface area contributed by atoms with Crippen LogP contribution in [0, 0.1) is 5.92 Å². The van der Waals surface area contributed by atoms with Gasteiger partial charge in [0.2, 0.25) is 5.91 Å². The van der Waals surface area contributed by atoms with E-state index >= 15 is 0 Å². The van der Waals surface area contributed by atoms with E-state index in [2.05, 4.69) is 50.5 Å². The van der Waals surface area contributed by atoms with Crippen molar-refractivity contribution in [3.05, 3.63) is 66.0 Å². The minimum absolute atomic E-state index is 0.150. The molecule has 2 N–H and O–H groups in total. The SMILES string of the molecule is O=C(NCc1cccc(Cn2cnc3ccccc32)c1)C1CCNCC1. The minimum atomic E-state index is 0.150. The van der Waals surface area contributed by atoms with Crippen LogP contribution >= 0.6 is 0 Å². The van der Waals surface area contributed by atoms with Crippen LogP contribution in [0.25, 0.3) is 11.0 Å². The molecular weight excluding hydrogens is 324 g/mol. The van der Waals surface area contributed by atoms with Crippen LogP contribution in [0.1, 0.15) is 24.0 Å². The standard InChI is InChI=1S/C21H24N4O/c26-21(18-8-10-22-11-9-18)23-13-16-4-3-5-17(12-16)14-25-15-24-19-6-1-2-7-20(19)25/h1-7,12,15,18,22H,8-11,13-14H2,(H,23,26). The summed E-state index contributed by atoms with van der Waals surface area (Å²) in [4.78, 5) is 16.8. The molecule has 0 spiro atoms. The number of hydrogen-bond acceptors (Lipinski definition) is 3. The van der Waals surface area contributed by atoms with Gasteiger partial charge in [0.1, 0.15) is 0 Å². The number of carbonyl (C=O) groups is 1. The molecule has 1 aromatic heterocycles. The number of piperidine rings is 1. The number of amides is 1. The summed E-state index contributed by atoms with van der Waals surface area (Å²) in [5, 5.41) is 6.40. The Balaban J connectivity index is 1.41. The van der Waals surface area contributed by atoms with Crippen molar-refractivity contribution in [1.82, 2.24) is 20.2 Å². The number of carbonyl (C=O) groups excluding carboxylic acids is 1. The van der Waals surface area contributed by atoms with E-state index in [1.165, 1.54) is 5.56 Å². The normalized spacial score (nSPS) is 15.2. The first kappa shape index (κ1) is 16.8. The lowest BCUT2D eigenvalue weighted by molar-refractivity contribution is -0.125. The number of benzene rings is 2. The predicted octanol–water partition coefficient (Wildman–Crippen LogP) is 2.70. The molecule has 1 aliphatic rings. The molecule has 26 heavy (non-hydrogen) atoms. The molecule has 134 valence electrons. The van der Waals surface area contributed by atoms with Crippen LogP contribution in [0.4, 0.5) is 0 Å². The Labute approximate surface area is 153 Å². The number of para-hydroxylation sites is 2. The lowest BCUT2D eigenvalue weighted by atomic mass is 9.97. The van der Waals surface area contributed by atoms with Crippen LogP contribution in [0.3, 0.4) is 0 Å². The van der Waals surface area contributed by atoms with Crippen molar-refractivity contribution in [3.8, 4) is 0 Å². The summed E-state index contributed by atoms with van der Waals surface area (Å²) in [5.41, 5.74) is 4.49. The second-order valence-electron chi connectivity index (χ2n) is 6.92. The van der Waals surface area contributed by atoms with Crippen molar-refractivity contribution in [2.75, 3.05) is 13.1 Å². The fraction of sp³-hybridized carbons (Fsp3) is 0.333. The topological polar surface area (TPSA) is 59.0 Å². The van der Waals surface area contributed by atoms with Gasteiger partial charge in [-0.25, -0.2) is 4.98 Å². The van der Waals surface area contributed by atoms with E-state index in [1.54, 1.807) is 0 Å². The van der Waals surface area contributed by atoms with Gasteiger partial charge in [0.25, 0.3) is 0 Å². The summed E-state index contributed by atoms with van der Waals surface area (Å²) in [6, 6.07) is 16.6. The maximum absolute atomic E-state index is 12.3. The van der Waals surface area contributed by atoms with Crippen molar-refractivity contribution in [2.24, 2.45) is 5.92 Å². The Morgan fingerprint density at radius 2 is 1.92 bits per heavy atom. The molecule has 1 amide bonds. The highest BCUT2D eigenvalue weighted by molar-refractivity contribution is 5.78. The predicted molar refractivity (Wildman–Crippen MR) is 103 cm³/mol. The van der Waals surface area contributed by atoms with Crippen molar-refractivity contribution in [3.63, 3.8) is 0 Å². The average molecular weight is 348 g/mol. The van der Waals surface area contributed by atoms with Gasteiger partial charge >= 0.3 is 0 Å². The molecule has 2 heterocycles. The molecule has 0 bridgehead atoms. The Bertz CT molecular complexity index is 896. The molecule has 3 aromatic rings. The van der Waals surface area contributed by atoms with E-state index in [0.717, 1.165) is 49.1 Å². The van der Waals surface area contributed by atoms with E-state index in [-0.39, 0.29) is 11.8 Å². The first-order valence-corrected chi connectivity index (χ1v) is 9.26. The van der Waals surface area contributed by atoms with Gasteiger partial charge < -0.3 is 15.2 Å². The highest BCUT2D eigenvalue weighted by Gasteiger charge is 2.20. The van der Waals surface area contributed by atoms with E-state index in [4.69, 9.17) is 0 Å². The first-order chi connectivity index (χ1) is 12.8. The molecule has 0 aliphatic carbocycles. The molecule has 0 radical (unpaired) electrons. The van der Waals surface area contributed by atoms with Crippen LogP contribution in [0.5, 0.6) is 0 Å². The number of fused-ring (bicyclic) bond motifs is 1. The van der Waals surface area contributed by atoms with Crippen molar-refractivity contribution in [2.45, 2.75) is 25.9 Å². The maximum atomic E-state index is 12.3. The van der Waals surface area contributed by atoms with Gasteiger partial charge in [0.15, 0.2) is 0 Å². The van der Waals surface area contributed by atoms with Gasteiger partial charge in [0, 0.05) is 19.0 Å². The average Bonchev–Trinajstić information content (AvgIpc) is 3.10. The zero-order valence-corrected chi connectivity index (χ0v) is 14.8. The fourth-order valence-corrected chi connectivity index (χ4v) is 3.59. The quantitative estimate of drug-likeness (QED) is 0.745. The molecule has 4 rings (SSSR count). The highest BCUT2D eigenvalue weighted by atomic mass is 16.1. The van der Waals surface area contributed by atoms with E-state index in [1.807, 2.05) is 24.5 Å². The summed E-state index contributed by atoms with van der Waals surface area (Å²) in [5.74, 6) is 0.328. The third kappa shape index (κ3) is 3.78. The van der Waals surface area contributed by atoms with E-state index in [0.29, 0.717) is 6.54 Å². The van der Waals surface area contributed by atoms with Gasteiger partial charge in [-0.3, -0.25) is 4.79 Å². The zero-order valence-electron chi connectivity index (χ0n) is 14.8. The van der Waals surface area contributed by atoms with Gasteiger partial charge in [0.05, 0.1) is 17.4 Å². The minimum Gasteiger partial charge on any atom is -0.352 e. The molecule has 0 saturated carbocycles. The molecular formula is C21H24N4O. The summed E-state index contributed by atoms with van der Waals surface area (Å²) < 4.78 is 2.15. The molecule has 1 aliphatic heterocycles. The second-order valence-corrected chi connectivity index (χ2v) is 6.92. The third-order valence-electron chi connectivity index (χ3n) is 5.05. The van der Waals surface area contributed by atoms with Crippen molar-refractivity contribution >= 4 is 16.9 Å². The zero-order chi connectivity index (χ0) is 17.8. The van der Waals surface area contributed by atoms with Crippen molar-refractivity contribution < 1.29 is 4.79 Å². The fourth-order valence-electron chi connectivity index (χ4n) is 3.59. The highest BCUT2D eigenvalue weighted by Crippen LogP contribution is 2.15. The summed E-state index contributed by atoms with van der Waals surface area (Å²) in [6.45, 7) is 3.23. The largest absolute Gasteiger partial charge is 0.352 e. The van der Waals surface area contributed by atoms with Crippen molar-refractivity contribution in [1.29, 1.82) is 0 Å². The Kier molecular flexibility index (Phi) is 4.97. The van der Waals surface area contributed by atoms with E-state index in [9.17, 15) is 4.79 Å². The molecule has 1 fully saturated rings. The lowest BCUT2D eigenvalue weighted by Crippen LogP contribution is -2.37. The summed E-state index contributed by atoms with van der Waals surface area (Å²) >= 11 is 0. The Morgan fingerprint density at radius 3 is 2.81 bits per heavy atom. The lowest BCUT2D eigenvalue weighted by Gasteiger charge is -2.21. The first-order valence-electron chi connectivity index (χ1n) is 9.26. The molecule has 5 nitrogen and oxygen atoms in total. The van der Waals surface area contributed by atoms with Crippen LogP contribution in [0.15, 0.2) is 54.9 Å². The van der Waals surface area contributed by atoms with Crippen LogP contribution in [-0.4, -0.2) is 28.5 Å². The Hall–Kier alpha value is -2.66. The third-order valence-corrected chi connectivity index (χ3v) is 5.05. The monoisotopic (exact) mass is 348 g/mol. The summed E-state index contributed by atoms with van der Waals surface area (Å²) in [6.07, 6.45) is 3.75. The molecule has 1 saturated heterocycles. The van der Waals surface area contributed by atoms with Gasteiger partial charge in [-0.2, -0.15) is 0 Å². The maximum Gasteiger partial charge on any atom is 0.223 e. The Morgan fingerprint density at radius 1 is 1.12 bits per heavy atom. The molecule has 0 atom stereocenters. The smallest absolute Gasteiger partial charge is 0.223 e. The number of nitrogens with zero attached hydrogens (tertiary/aromatic N) is 2. The number of rotatable bonds is 5. The number of nitrogens with one attached hydrogen (secondary N) is 2. The van der Waals surface area contributed by atoms with Gasteiger partial charge in [-0.15, -0.1) is 0 Å². The van der Waals surface area contributed by atoms with Crippen LogP contribution in [-0.2, 0) is 17.9 Å². The van der Waals surface area contributed by atoms with E-state index < -0.39 is 0 Å². The van der Waals surface area contributed by atoms with Crippen LogP contribution in [0.2, 0.25) is 0 Å². The number of imidazole rings is 1. The summed E-state index contributed by atoms with van der Waals surface area (Å²) in [7, 11) is 0. The number of hydrogen-bond donors (Lipinski definition) is 2. The van der Waals surface area contributed by atoms with Gasteiger partial charge in [-0.1, -0.05) is 36.4 Å². The molecule has 0 unspecified atom stereocenters. The van der Waals surface area contributed by atoms with Crippen LogP contribution < -0.4 is 10.6 Å². The second kappa shape index (κ2) is 7.70. The molecule has 5 heteroatoms. The molecule has 2 aromatic carbocycles. The number of aromatic nitrogens is 2.